The number of hydrogen-bond donors (Lipinski definition) is 1. The van der Waals surface area contributed by atoms with E-state index in [1.807, 2.05) is 20.2 Å². The highest BCUT2D eigenvalue weighted by Gasteiger charge is 2.14. The molecular weight excluding hydrogens is 244 g/mol. The fourth-order valence-electron chi connectivity index (χ4n) is 3.16. The van der Waals surface area contributed by atoms with Crippen molar-refractivity contribution in [2.75, 3.05) is 7.05 Å². The predicted octanol–water partition coefficient (Wildman–Crippen LogP) is 3.38. The van der Waals surface area contributed by atoms with Crippen LogP contribution < -0.4 is 5.32 Å². The Labute approximate surface area is 121 Å². The molecule has 104 valence electrons. The van der Waals surface area contributed by atoms with Gasteiger partial charge in [0.2, 0.25) is 0 Å². The second-order valence-electron chi connectivity index (χ2n) is 5.73. The summed E-state index contributed by atoms with van der Waals surface area (Å²) in [5.74, 6) is 0. The number of benzene rings is 1. The Morgan fingerprint density at radius 1 is 1.15 bits per heavy atom. The highest BCUT2D eigenvalue weighted by molar-refractivity contribution is 5.36. The molecule has 0 aliphatic heterocycles. The van der Waals surface area contributed by atoms with Crippen LogP contribution in [0, 0.1) is 6.92 Å². The molecule has 3 rings (SSSR count). The van der Waals surface area contributed by atoms with Crippen molar-refractivity contribution in [1.29, 1.82) is 0 Å². The molecule has 2 nitrogen and oxygen atoms in total. The van der Waals surface area contributed by atoms with Crippen LogP contribution in [0.25, 0.3) is 0 Å². The number of rotatable bonds is 4. The van der Waals surface area contributed by atoms with E-state index in [9.17, 15) is 0 Å². The third-order valence-corrected chi connectivity index (χ3v) is 4.27. The second kappa shape index (κ2) is 5.76. The van der Waals surface area contributed by atoms with E-state index in [1.165, 1.54) is 30.4 Å². The van der Waals surface area contributed by atoms with Gasteiger partial charge < -0.3 is 5.32 Å². The zero-order valence-corrected chi connectivity index (χ0v) is 12.3. The van der Waals surface area contributed by atoms with Crippen molar-refractivity contribution < 1.29 is 0 Å². The van der Waals surface area contributed by atoms with Crippen molar-refractivity contribution in [3.05, 3.63) is 64.5 Å². The molecular formula is C18H22N2. The molecule has 1 aliphatic carbocycles. The summed E-state index contributed by atoms with van der Waals surface area (Å²) in [5, 5.41) is 3.43. The molecule has 0 bridgehead atoms. The summed E-state index contributed by atoms with van der Waals surface area (Å²) >= 11 is 0. The van der Waals surface area contributed by atoms with Crippen LogP contribution in [0.4, 0.5) is 0 Å². The van der Waals surface area contributed by atoms with E-state index in [4.69, 9.17) is 0 Å². The number of fused-ring (bicyclic) bond motifs is 1. The van der Waals surface area contributed by atoms with E-state index < -0.39 is 0 Å². The zero-order valence-electron chi connectivity index (χ0n) is 12.3. The Morgan fingerprint density at radius 2 is 2.00 bits per heavy atom. The topological polar surface area (TPSA) is 24.9 Å². The van der Waals surface area contributed by atoms with Crippen molar-refractivity contribution in [2.24, 2.45) is 0 Å². The van der Waals surface area contributed by atoms with Gasteiger partial charge in [-0.15, -0.1) is 0 Å². The maximum Gasteiger partial charge on any atom is 0.0375 e. The SMILES string of the molecule is CNC(Cc1ccc2c(c1)CCC2)c1ccnc(C)c1. The first-order chi connectivity index (χ1) is 9.76. The summed E-state index contributed by atoms with van der Waals surface area (Å²) in [5.41, 5.74) is 6.94. The monoisotopic (exact) mass is 266 g/mol. The minimum atomic E-state index is 0.358. The first-order valence-corrected chi connectivity index (χ1v) is 7.47. The molecule has 1 N–H and O–H groups in total. The number of aromatic nitrogens is 1. The van der Waals surface area contributed by atoms with Crippen LogP contribution in [-0.2, 0) is 19.3 Å². The van der Waals surface area contributed by atoms with Crippen LogP contribution in [0.5, 0.6) is 0 Å². The lowest BCUT2D eigenvalue weighted by molar-refractivity contribution is 0.590. The van der Waals surface area contributed by atoms with Gasteiger partial charge in [-0.3, -0.25) is 4.98 Å². The summed E-state index contributed by atoms with van der Waals surface area (Å²) in [6.45, 7) is 2.05. The number of likely N-dealkylation sites (N-methyl/N-ethyl adjacent to an activating group) is 1. The molecule has 2 heteroatoms. The van der Waals surface area contributed by atoms with Gasteiger partial charge in [-0.05, 0) is 74.0 Å². The lowest BCUT2D eigenvalue weighted by Gasteiger charge is -2.17. The Bertz CT molecular complexity index is 604. The summed E-state index contributed by atoms with van der Waals surface area (Å²) in [6, 6.07) is 11.7. The minimum absolute atomic E-state index is 0.358. The number of nitrogens with zero attached hydrogens (tertiary/aromatic N) is 1. The van der Waals surface area contributed by atoms with Gasteiger partial charge in [-0.2, -0.15) is 0 Å². The van der Waals surface area contributed by atoms with Gasteiger partial charge in [-0.25, -0.2) is 0 Å². The quantitative estimate of drug-likeness (QED) is 0.917. The molecule has 1 aromatic carbocycles. The molecule has 0 spiro atoms. The van der Waals surface area contributed by atoms with Crippen LogP contribution in [-0.4, -0.2) is 12.0 Å². The van der Waals surface area contributed by atoms with Crippen LogP contribution >= 0.6 is 0 Å². The highest BCUT2D eigenvalue weighted by Crippen LogP contribution is 2.25. The third-order valence-electron chi connectivity index (χ3n) is 4.27. The molecule has 0 amide bonds. The van der Waals surface area contributed by atoms with Crippen molar-refractivity contribution >= 4 is 0 Å². The summed E-state index contributed by atoms with van der Waals surface area (Å²) in [7, 11) is 2.04. The van der Waals surface area contributed by atoms with Gasteiger partial charge in [0.15, 0.2) is 0 Å². The molecule has 0 radical (unpaired) electrons. The summed E-state index contributed by atoms with van der Waals surface area (Å²) < 4.78 is 0. The molecule has 1 aliphatic rings. The Hall–Kier alpha value is -1.67. The first kappa shape index (κ1) is 13.3. The molecule has 1 atom stereocenters. The van der Waals surface area contributed by atoms with Gasteiger partial charge in [0.1, 0.15) is 0 Å². The molecule has 0 saturated carbocycles. The van der Waals surface area contributed by atoms with Gasteiger partial charge in [-0.1, -0.05) is 18.2 Å². The molecule has 1 heterocycles. The van der Waals surface area contributed by atoms with Crippen molar-refractivity contribution in [3.8, 4) is 0 Å². The predicted molar refractivity (Wildman–Crippen MR) is 82.9 cm³/mol. The average Bonchev–Trinajstić information content (AvgIpc) is 2.92. The molecule has 0 fully saturated rings. The van der Waals surface area contributed by atoms with Gasteiger partial charge in [0.25, 0.3) is 0 Å². The molecule has 20 heavy (non-hydrogen) atoms. The molecule has 0 saturated heterocycles. The Morgan fingerprint density at radius 3 is 2.80 bits per heavy atom. The lowest BCUT2D eigenvalue weighted by atomic mass is 9.97. The lowest BCUT2D eigenvalue weighted by Crippen LogP contribution is -2.19. The number of aryl methyl sites for hydroxylation is 3. The molecule has 1 unspecified atom stereocenters. The Balaban J connectivity index is 1.81. The van der Waals surface area contributed by atoms with Crippen LogP contribution in [0.2, 0.25) is 0 Å². The third kappa shape index (κ3) is 2.75. The zero-order chi connectivity index (χ0) is 13.9. The van der Waals surface area contributed by atoms with Crippen molar-refractivity contribution in [2.45, 2.75) is 38.6 Å². The standard InChI is InChI=1S/C18H22N2/c1-13-10-17(8-9-20-13)18(19-2)12-14-6-7-15-4-3-5-16(15)11-14/h6-11,18-19H,3-5,12H2,1-2H3. The van der Waals surface area contributed by atoms with Crippen LogP contribution in [0.1, 0.15) is 40.4 Å². The van der Waals surface area contributed by atoms with Gasteiger partial charge in [0, 0.05) is 17.9 Å². The van der Waals surface area contributed by atoms with E-state index in [0.29, 0.717) is 6.04 Å². The number of nitrogens with one attached hydrogen (secondary N) is 1. The highest BCUT2D eigenvalue weighted by atomic mass is 14.9. The fourth-order valence-corrected chi connectivity index (χ4v) is 3.16. The minimum Gasteiger partial charge on any atom is -0.313 e. The van der Waals surface area contributed by atoms with Gasteiger partial charge in [0.05, 0.1) is 0 Å². The van der Waals surface area contributed by atoms with E-state index >= 15 is 0 Å². The molecule has 2 aromatic rings. The summed E-state index contributed by atoms with van der Waals surface area (Å²) in [6.07, 6.45) is 6.76. The van der Waals surface area contributed by atoms with E-state index in [0.717, 1.165) is 12.1 Å². The Kier molecular flexibility index (Phi) is 3.83. The first-order valence-electron chi connectivity index (χ1n) is 7.47. The van der Waals surface area contributed by atoms with Crippen LogP contribution in [0.15, 0.2) is 36.5 Å². The maximum absolute atomic E-state index is 4.28. The summed E-state index contributed by atoms with van der Waals surface area (Å²) in [4.78, 5) is 4.28. The van der Waals surface area contributed by atoms with E-state index in [-0.39, 0.29) is 0 Å². The van der Waals surface area contributed by atoms with Crippen molar-refractivity contribution in [1.82, 2.24) is 10.3 Å². The number of hydrogen-bond acceptors (Lipinski definition) is 2. The van der Waals surface area contributed by atoms with Crippen molar-refractivity contribution in [3.63, 3.8) is 0 Å². The number of pyridine rings is 1. The largest absolute Gasteiger partial charge is 0.313 e. The average molecular weight is 266 g/mol. The van der Waals surface area contributed by atoms with Gasteiger partial charge >= 0.3 is 0 Å². The smallest absolute Gasteiger partial charge is 0.0375 e. The van der Waals surface area contributed by atoms with E-state index in [2.05, 4.69) is 40.6 Å². The van der Waals surface area contributed by atoms with Crippen LogP contribution in [0.3, 0.4) is 0 Å². The second-order valence-corrected chi connectivity index (χ2v) is 5.73. The van der Waals surface area contributed by atoms with E-state index in [1.54, 1.807) is 11.1 Å². The normalized spacial score (nSPS) is 15.1. The molecule has 1 aromatic heterocycles. The fraction of sp³-hybridized carbons (Fsp3) is 0.389. The maximum atomic E-state index is 4.28.